The monoisotopic (exact) mass is 1150 g/mol. The summed E-state index contributed by atoms with van der Waals surface area (Å²) < 4.78 is 33.7. The molecule has 5 heterocycles. The van der Waals surface area contributed by atoms with Crippen LogP contribution in [0.1, 0.15) is 96.6 Å². The molecule has 6 nitrogen and oxygen atoms in total. The van der Waals surface area contributed by atoms with Crippen LogP contribution in [0.15, 0.2) is 225 Å². The third-order valence-electron chi connectivity index (χ3n) is 19.3. The molecule has 0 fully saturated rings. The third-order valence-corrected chi connectivity index (χ3v) is 19.3. The van der Waals surface area contributed by atoms with E-state index in [2.05, 4.69) is 290 Å². The van der Waals surface area contributed by atoms with Crippen molar-refractivity contribution in [2.24, 2.45) is 0 Å². The van der Waals surface area contributed by atoms with E-state index >= 15 is 0 Å². The molecule has 0 unspecified atom stereocenters. The first-order valence-electron chi connectivity index (χ1n) is 31.3. The van der Waals surface area contributed by atoms with E-state index in [4.69, 9.17) is 18.9 Å². The summed E-state index contributed by atoms with van der Waals surface area (Å²) in [5.74, 6) is 3.42. The van der Waals surface area contributed by atoms with E-state index in [0.717, 1.165) is 123 Å². The molecule has 4 atom stereocenters. The lowest BCUT2D eigenvalue weighted by atomic mass is 9.72. The summed E-state index contributed by atoms with van der Waals surface area (Å²) in [6.07, 6.45) is 5.42. The Labute approximate surface area is 519 Å². The van der Waals surface area contributed by atoms with Gasteiger partial charge in [0.05, 0.1) is 11.1 Å². The van der Waals surface area contributed by atoms with Crippen LogP contribution in [0.3, 0.4) is 0 Å². The molecule has 13 aromatic rings. The second-order valence-corrected chi connectivity index (χ2v) is 25.0. The van der Waals surface area contributed by atoms with E-state index in [9.17, 15) is 0 Å². The van der Waals surface area contributed by atoms with Crippen LogP contribution in [0.2, 0.25) is 0 Å². The summed E-state index contributed by atoms with van der Waals surface area (Å²) in [6, 6.07) is 75.6. The molecule has 0 radical (unpaired) electrons. The fraction of sp³-hybridized carbons (Fsp3) is 0.145. The fourth-order valence-corrected chi connectivity index (χ4v) is 15.3. The number of fused-ring (bicyclic) bond motifs is 18. The van der Waals surface area contributed by atoms with Crippen LogP contribution >= 0.6 is 0 Å². The number of hydrogen-bond donors (Lipinski definition) is 0. The van der Waals surface area contributed by atoms with Crippen LogP contribution in [0.5, 0.6) is 23.0 Å². The standard InChI is InChI=1S/C83H65N2O4/c1-46-23-31-56(32-24-46)72-68-50(5)88-66-41-39-54-15-9-11-17-60(54)76(66)80(68)82-70(74(72)58-35-27-48(3)28-36-58)52(7)86-64-21-13-19-62(78(64)82)84-43-44-85(45-84)63-20-14-22-65-79(63)83-71(53(8)87-65)75(59-37-29-49(4)30-38-59)73(57-33-25-47(2)26-34-57)69-51(6)89-67-42-40-55-16-10-12-18-61(55)77(67)81(69)83/h9-45,50-53H,1-8H3/q+1/t50-,51-,52-,53-/m1/s1. The maximum Gasteiger partial charge on any atom is 0.254 e. The van der Waals surface area contributed by atoms with Gasteiger partial charge in [0.2, 0.25) is 0 Å². The van der Waals surface area contributed by atoms with Gasteiger partial charge in [0.25, 0.3) is 6.33 Å². The van der Waals surface area contributed by atoms with Crippen LogP contribution in [-0.2, 0) is 0 Å². The molecule has 0 saturated heterocycles. The first-order valence-corrected chi connectivity index (χ1v) is 31.3. The molecule has 6 heteroatoms. The highest BCUT2D eigenvalue weighted by molar-refractivity contribution is 6.14. The van der Waals surface area contributed by atoms with Gasteiger partial charge in [-0.3, -0.25) is 0 Å². The summed E-state index contributed by atoms with van der Waals surface area (Å²) >= 11 is 0. The summed E-state index contributed by atoms with van der Waals surface area (Å²) in [7, 11) is 0. The smallest absolute Gasteiger partial charge is 0.254 e. The van der Waals surface area contributed by atoms with Crippen molar-refractivity contribution in [3.8, 4) is 123 Å². The van der Waals surface area contributed by atoms with Crippen LogP contribution in [0.4, 0.5) is 0 Å². The predicted octanol–water partition coefficient (Wildman–Crippen LogP) is 21.4. The van der Waals surface area contributed by atoms with Crippen molar-refractivity contribution in [3.63, 3.8) is 0 Å². The molecular formula is C83H65N2O4+. The Balaban J connectivity index is 0.951. The number of ether oxygens (including phenoxy) is 4. The zero-order valence-electron chi connectivity index (χ0n) is 51.2. The Hall–Kier alpha value is -10.4. The van der Waals surface area contributed by atoms with Gasteiger partial charge in [-0.15, -0.1) is 0 Å². The molecule has 0 aliphatic carbocycles. The molecule has 0 spiro atoms. The molecule has 1 aromatic heterocycles. The Morgan fingerprint density at radius 3 is 1.07 bits per heavy atom. The molecule has 12 aromatic carbocycles. The molecule has 4 aliphatic rings. The maximum absolute atomic E-state index is 7.37. The fourth-order valence-electron chi connectivity index (χ4n) is 15.3. The van der Waals surface area contributed by atoms with Gasteiger partial charge in [0, 0.05) is 55.6 Å². The molecular weight excluding hydrogens is 1090 g/mol. The third kappa shape index (κ3) is 8.05. The van der Waals surface area contributed by atoms with E-state index in [-0.39, 0.29) is 24.4 Å². The number of rotatable bonds is 6. The second kappa shape index (κ2) is 20.1. The largest absolute Gasteiger partial charge is 0.485 e. The SMILES string of the molecule is Cc1ccc(-c2c(-c3ccc(C)cc3)c3c(c4c2[C@@H](C)Oc2cccc(-n5cc[n+](-c6cccc7c6-c6c8c(c(-c9ccc(C)cc9)c(-c9ccc(C)cc9)c6[C@@H](C)O7)[C@@H](C)Oc6ccc7ccccc7c6-8)c5)c2-4)-c2c(ccc4ccccc24)O[C@@H]3C)cc1. The van der Waals surface area contributed by atoms with Crippen molar-refractivity contribution in [1.29, 1.82) is 0 Å². The highest BCUT2D eigenvalue weighted by Gasteiger charge is 2.44. The van der Waals surface area contributed by atoms with E-state index in [0.29, 0.717) is 0 Å². The molecule has 430 valence electrons. The Morgan fingerprint density at radius 2 is 0.652 bits per heavy atom. The van der Waals surface area contributed by atoms with Gasteiger partial charge >= 0.3 is 0 Å². The van der Waals surface area contributed by atoms with Crippen LogP contribution in [0, 0.1) is 27.7 Å². The first kappa shape index (κ1) is 52.9. The van der Waals surface area contributed by atoms with E-state index < -0.39 is 0 Å². The minimum Gasteiger partial charge on any atom is -0.485 e. The van der Waals surface area contributed by atoms with Crippen molar-refractivity contribution in [1.82, 2.24) is 4.57 Å². The molecule has 17 rings (SSSR count). The predicted molar refractivity (Wildman–Crippen MR) is 361 cm³/mol. The lowest BCUT2D eigenvalue weighted by Crippen LogP contribution is -2.30. The van der Waals surface area contributed by atoms with E-state index in [1.54, 1.807) is 0 Å². The minimum atomic E-state index is -0.319. The summed E-state index contributed by atoms with van der Waals surface area (Å²) in [5, 5.41) is 4.62. The number of imidazole rings is 1. The molecule has 0 amide bonds. The van der Waals surface area contributed by atoms with Crippen LogP contribution < -0.4 is 23.5 Å². The van der Waals surface area contributed by atoms with Gasteiger partial charge in [0.15, 0.2) is 0 Å². The van der Waals surface area contributed by atoms with Crippen molar-refractivity contribution in [3.05, 3.63) is 269 Å². The minimum absolute atomic E-state index is 0.297. The molecule has 4 aliphatic heterocycles. The summed E-state index contributed by atoms with van der Waals surface area (Å²) in [5.41, 5.74) is 29.7. The maximum atomic E-state index is 7.37. The van der Waals surface area contributed by atoms with E-state index in [1.165, 1.54) is 66.8 Å². The Bertz CT molecular complexity index is 4790. The lowest BCUT2D eigenvalue weighted by molar-refractivity contribution is -0.594. The molecule has 0 bridgehead atoms. The zero-order valence-corrected chi connectivity index (χ0v) is 51.2. The van der Waals surface area contributed by atoms with Gasteiger partial charge in [-0.1, -0.05) is 192 Å². The summed E-state index contributed by atoms with van der Waals surface area (Å²) in [4.78, 5) is 0. The van der Waals surface area contributed by atoms with Crippen molar-refractivity contribution < 1.29 is 23.5 Å². The van der Waals surface area contributed by atoms with Crippen LogP contribution in [-0.4, -0.2) is 4.57 Å². The van der Waals surface area contributed by atoms with Crippen molar-refractivity contribution in [2.45, 2.75) is 79.8 Å². The van der Waals surface area contributed by atoms with Gasteiger partial charge in [-0.25, -0.2) is 9.13 Å². The number of nitrogens with zero attached hydrogens (tertiary/aromatic N) is 2. The van der Waals surface area contributed by atoms with Crippen LogP contribution in [0.25, 0.3) is 122 Å². The normalized spacial score (nSPS) is 16.4. The topological polar surface area (TPSA) is 45.7 Å². The van der Waals surface area contributed by atoms with Gasteiger partial charge < -0.3 is 18.9 Å². The Morgan fingerprint density at radius 1 is 0.303 bits per heavy atom. The number of aromatic nitrogens is 2. The lowest BCUT2D eigenvalue weighted by Gasteiger charge is -2.38. The second-order valence-electron chi connectivity index (χ2n) is 25.0. The molecule has 0 N–H and O–H groups in total. The number of benzene rings is 12. The molecule has 0 saturated carbocycles. The average Bonchev–Trinajstić information content (AvgIpc) is 1.07. The van der Waals surface area contributed by atoms with Gasteiger partial charge in [0.1, 0.15) is 71.2 Å². The zero-order chi connectivity index (χ0) is 60.1. The molecule has 89 heavy (non-hydrogen) atoms. The summed E-state index contributed by atoms with van der Waals surface area (Å²) in [6.45, 7) is 17.6. The van der Waals surface area contributed by atoms with Crippen molar-refractivity contribution in [2.75, 3.05) is 0 Å². The first-order chi connectivity index (χ1) is 43.4. The van der Waals surface area contributed by atoms with Crippen molar-refractivity contribution >= 4 is 21.5 Å². The van der Waals surface area contributed by atoms with Gasteiger partial charge in [-0.05, 0) is 158 Å². The Kier molecular flexibility index (Phi) is 11.9. The highest BCUT2D eigenvalue weighted by atomic mass is 16.5. The number of aryl methyl sites for hydroxylation is 4. The number of hydrogen-bond acceptors (Lipinski definition) is 4. The highest BCUT2D eigenvalue weighted by Crippen LogP contribution is 2.64. The average molecular weight is 1150 g/mol. The van der Waals surface area contributed by atoms with E-state index in [1.807, 2.05) is 0 Å². The van der Waals surface area contributed by atoms with Gasteiger partial charge in [-0.2, -0.15) is 0 Å². The quantitative estimate of drug-likeness (QED) is 0.156.